The van der Waals surface area contributed by atoms with Crippen LogP contribution in [-0.2, 0) is 17.8 Å². The molecule has 1 amide bonds. The van der Waals surface area contributed by atoms with Crippen molar-refractivity contribution in [3.63, 3.8) is 0 Å². The van der Waals surface area contributed by atoms with Crippen molar-refractivity contribution < 1.29 is 9.53 Å². The van der Waals surface area contributed by atoms with Crippen LogP contribution in [0.3, 0.4) is 0 Å². The molecule has 0 aliphatic carbocycles. The largest absolute Gasteiger partial charge is 0.483 e. The number of rotatable bonds is 6. The Bertz CT molecular complexity index is 523. The number of hydrogen-bond donors (Lipinski definition) is 1. The molecule has 2 rings (SSSR count). The van der Waals surface area contributed by atoms with Crippen LogP contribution in [-0.4, -0.2) is 12.5 Å². The quantitative estimate of drug-likeness (QED) is 0.880. The van der Waals surface area contributed by atoms with E-state index in [0.29, 0.717) is 6.54 Å². The first-order valence-electron chi connectivity index (χ1n) is 6.29. The Labute approximate surface area is 117 Å². The summed E-state index contributed by atoms with van der Waals surface area (Å²) >= 11 is 1.63. The number of benzene rings is 1. The van der Waals surface area contributed by atoms with Gasteiger partial charge in [0.15, 0.2) is 6.61 Å². The summed E-state index contributed by atoms with van der Waals surface area (Å²) in [6.45, 7) is 2.69. The minimum absolute atomic E-state index is 0.0579. The molecule has 0 aliphatic rings. The zero-order valence-electron chi connectivity index (χ0n) is 10.9. The van der Waals surface area contributed by atoms with E-state index in [-0.39, 0.29) is 12.5 Å². The number of ether oxygens (including phenoxy) is 1. The van der Waals surface area contributed by atoms with Gasteiger partial charge >= 0.3 is 0 Å². The first kappa shape index (κ1) is 13.6. The van der Waals surface area contributed by atoms with Crippen molar-refractivity contribution in [3.05, 3.63) is 52.2 Å². The third-order valence-corrected chi connectivity index (χ3v) is 3.63. The number of thiophene rings is 1. The minimum atomic E-state index is -0.0979. The molecular formula is C15H17NO2S. The number of nitrogens with one attached hydrogen (secondary N) is 1. The lowest BCUT2D eigenvalue weighted by atomic mass is 10.1. The average molecular weight is 275 g/mol. The number of para-hydroxylation sites is 1. The van der Waals surface area contributed by atoms with E-state index in [1.165, 1.54) is 0 Å². The first-order chi connectivity index (χ1) is 9.29. The van der Waals surface area contributed by atoms with Crippen molar-refractivity contribution in [1.82, 2.24) is 5.32 Å². The molecule has 100 valence electrons. The number of amides is 1. The van der Waals surface area contributed by atoms with Gasteiger partial charge in [-0.25, -0.2) is 0 Å². The molecule has 0 spiro atoms. The van der Waals surface area contributed by atoms with Crippen LogP contribution in [0.25, 0.3) is 0 Å². The lowest BCUT2D eigenvalue weighted by Crippen LogP contribution is -2.28. The van der Waals surface area contributed by atoms with Gasteiger partial charge in [0.05, 0.1) is 6.54 Å². The maximum Gasteiger partial charge on any atom is 0.258 e. The maximum atomic E-state index is 11.7. The van der Waals surface area contributed by atoms with Gasteiger partial charge in [-0.15, -0.1) is 11.3 Å². The number of carbonyl (C=O) groups is 1. The number of carbonyl (C=O) groups excluding carboxylic acids is 1. The van der Waals surface area contributed by atoms with Crippen LogP contribution in [0.4, 0.5) is 0 Å². The first-order valence-corrected chi connectivity index (χ1v) is 7.17. The third kappa shape index (κ3) is 4.10. The van der Waals surface area contributed by atoms with E-state index >= 15 is 0 Å². The van der Waals surface area contributed by atoms with E-state index in [1.807, 2.05) is 41.8 Å². The van der Waals surface area contributed by atoms with Gasteiger partial charge in [0.1, 0.15) is 5.75 Å². The molecule has 0 radical (unpaired) electrons. The van der Waals surface area contributed by atoms with Crippen LogP contribution in [0.15, 0.2) is 41.8 Å². The summed E-state index contributed by atoms with van der Waals surface area (Å²) in [6, 6.07) is 11.8. The summed E-state index contributed by atoms with van der Waals surface area (Å²) in [6.07, 6.45) is 0.896. The van der Waals surface area contributed by atoms with E-state index in [9.17, 15) is 4.79 Å². The Kier molecular flexibility index (Phi) is 4.98. The van der Waals surface area contributed by atoms with Gasteiger partial charge in [0, 0.05) is 4.88 Å². The fourth-order valence-electron chi connectivity index (χ4n) is 1.73. The van der Waals surface area contributed by atoms with Crippen LogP contribution >= 0.6 is 11.3 Å². The Morgan fingerprint density at radius 3 is 2.84 bits per heavy atom. The van der Waals surface area contributed by atoms with Gasteiger partial charge < -0.3 is 10.1 Å². The summed E-state index contributed by atoms with van der Waals surface area (Å²) in [5.74, 6) is 0.690. The van der Waals surface area contributed by atoms with Crippen molar-refractivity contribution in [2.75, 3.05) is 6.61 Å². The summed E-state index contributed by atoms with van der Waals surface area (Å²) < 4.78 is 5.55. The van der Waals surface area contributed by atoms with Gasteiger partial charge in [0.25, 0.3) is 5.91 Å². The van der Waals surface area contributed by atoms with Crippen LogP contribution in [0.1, 0.15) is 17.4 Å². The molecular weight excluding hydrogens is 258 g/mol. The van der Waals surface area contributed by atoms with Gasteiger partial charge in [-0.3, -0.25) is 4.79 Å². The predicted molar refractivity (Wildman–Crippen MR) is 77.5 cm³/mol. The molecule has 3 nitrogen and oxygen atoms in total. The summed E-state index contributed by atoms with van der Waals surface area (Å²) in [7, 11) is 0. The molecule has 1 aromatic heterocycles. The normalized spacial score (nSPS) is 10.2. The Morgan fingerprint density at radius 2 is 2.11 bits per heavy atom. The van der Waals surface area contributed by atoms with Crippen LogP contribution in [0, 0.1) is 0 Å². The monoisotopic (exact) mass is 275 g/mol. The molecule has 1 heterocycles. The van der Waals surface area contributed by atoms with E-state index in [0.717, 1.165) is 22.6 Å². The van der Waals surface area contributed by atoms with Crippen molar-refractivity contribution >= 4 is 17.2 Å². The highest BCUT2D eigenvalue weighted by Crippen LogP contribution is 2.17. The lowest BCUT2D eigenvalue weighted by Gasteiger charge is -2.10. The molecule has 19 heavy (non-hydrogen) atoms. The highest BCUT2D eigenvalue weighted by molar-refractivity contribution is 7.09. The lowest BCUT2D eigenvalue weighted by molar-refractivity contribution is -0.123. The maximum absolute atomic E-state index is 11.7. The highest BCUT2D eigenvalue weighted by Gasteiger charge is 2.05. The Hall–Kier alpha value is -1.81. The van der Waals surface area contributed by atoms with Gasteiger partial charge in [-0.1, -0.05) is 31.2 Å². The topological polar surface area (TPSA) is 38.3 Å². The Balaban J connectivity index is 1.80. The van der Waals surface area contributed by atoms with Crippen molar-refractivity contribution in [2.24, 2.45) is 0 Å². The van der Waals surface area contributed by atoms with E-state index in [2.05, 4.69) is 12.2 Å². The molecule has 0 fully saturated rings. The van der Waals surface area contributed by atoms with Crippen molar-refractivity contribution in [3.8, 4) is 5.75 Å². The molecule has 1 aromatic carbocycles. The van der Waals surface area contributed by atoms with Crippen LogP contribution in [0.2, 0.25) is 0 Å². The smallest absolute Gasteiger partial charge is 0.258 e. The fourth-order valence-corrected chi connectivity index (χ4v) is 2.37. The molecule has 1 N–H and O–H groups in total. The number of hydrogen-bond acceptors (Lipinski definition) is 3. The van der Waals surface area contributed by atoms with Gasteiger partial charge in [-0.05, 0) is 29.5 Å². The second-order valence-electron chi connectivity index (χ2n) is 4.11. The SMILES string of the molecule is CCc1ccccc1OCC(=O)NCc1cccs1. The average Bonchev–Trinajstić information content (AvgIpc) is 2.96. The van der Waals surface area contributed by atoms with Gasteiger partial charge in [0.2, 0.25) is 0 Å². The van der Waals surface area contributed by atoms with E-state index in [1.54, 1.807) is 11.3 Å². The predicted octanol–water partition coefficient (Wildman–Crippen LogP) is 3.01. The molecule has 0 unspecified atom stereocenters. The molecule has 0 aliphatic heterocycles. The van der Waals surface area contributed by atoms with Gasteiger partial charge in [-0.2, -0.15) is 0 Å². The molecule has 4 heteroatoms. The molecule has 0 saturated carbocycles. The zero-order valence-corrected chi connectivity index (χ0v) is 11.7. The standard InChI is InChI=1S/C15H17NO2S/c1-2-12-6-3-4-8-14(12)18-11-15(17)16-10-13-7-5-9-19-13/h3-9H,2,10-11H2,1H3,(H,16,17). The third-order valence-electron chi connectivity index (χ3n) is 2.75. The highest BCUT2D eigenvalue weighted by atomic mass is 32.1. The fraction of sp³-hybridized carbons (Fsp3) is 0.267. The molecule has 2 aromatic rings. The van der Waals surface area contributed by atoms with Crippen molar-refractivity contribution in [1.29, 1.82) is 0 Å². The summed E-state index contributed by atoms with van der Waals surface area (Å²) in [4.78, 5) is 12.8. The second kappa shape index (κ2) is 6.95. The Morgan fingerprint density at radius 1 is 1.26 bits per heavy atom. The minimum Gasteiger partial charge on any atom is -0.483 e. The molecule has 0 atom stereocenters. The van der Waals surface area contributed by atoms with E-state index < -0.39 is 0 Å². The number of aryl methyl sites for hydroxylation is 1. The summed E-state index contributed by atoms with van der Waals surface area (Å²) in [5.41, 5.74) is 1.12. The summed E-state index contributed by atoms with van der Waals surface area (Å²) in [5, 5.41) is 4.83. The molecule has 0 saturated heterocycles. The second-order valence-corrected chi connectivity index (χ2v) is 5.14. The molecule has 0 bridgehead atoms. The zero-order chi connectivity index (χ0) is 13.5. The van der Waals surface area contributed by atoms with E-state index in [4.69, 9.17) is 4.74 Å². The van der Waals surface area contributed by atoms with Crippen LogP contribution < -0.4 is 10.1 Å². The van der Waals surface area contributed by atoms with Crippen LogP contribution in [0.5, 0.6) is 5.75 Å². The van der Waals surface area contributed by atoms with Crippen molar-refractivity contribution in [2.45, 2.75) is 19.9 Å².